The Balaban J connectivity index is 2.32. The second-order valence-electron chi connectivity index (χ2n) is 8.05. The van der Waals surface area contributed by atoms with Crippen LogP contribution in [-0.2, 0) is 4.74 Å². The van der Waals surface area contributed by atoms with Crippen LogP contribution in [-0.4, -0.2) is 35.5 Å². The van der Waals surface area contributed by atoms with Gasteiger partial charge < -0.3 is 4.74 Å². The molecule has 4 heteroatoms. The van der Waals surface area contributed by atoms with Crippen molar-refractivity contribution in [2.45, 2.75) is 51.4 Å². The Hall–Kier alpha value is 0.611. The second kappa shape index (κ2) is 3.80. The fourth-order valence-corrected chi connectivity index (χ4v) is 49.5. The number of hydrogen-bond donors (Lipinski definition) is 0. The molecule has 0 spiro atoms. The van der Waals surface area contributed by atoms with E-state index >= 15 is 0 Å². The third kappa shape index (κ3) is 1.82. The summed E-state index contributed by atoms with van der Waals surface area (Å²) in [6.45, 7) is 18.2. The lowest BCUT2D eigenvalue weighted by Crippen LogP contribution is -2.70. The molecule has 16 heavy (non-hydrogen) atoms. The van der Waals surface area contributed by atoms with Crippen molar-refractivity contribution in [1.82, 2.24) is 0 Å². The van der Waals surface area contributed by atoms with Gasteiger partial charge in [0.05, 0.1) is 0 Å². The molecule has 0 aromatic heterocycles. The number of ether oxygens (including phenoxy) is 1. The monoisotopic (exact) mass is 272 g/mol. The van der Waals surface area contributed by atoms with Gasteiger partial charge in [0.2, 0.25) is 0 Å². The van der Waals surface area contributed by atoms with E-state index in [2.05, 4.69) is 39.3 Å². The molecule has 0 unspecified atom stereocenters. The van der Waals surface area contributed by atoms with Crippen LogP contribution in [0.3, 0.4) is 0 Å². The molecule has 2 aliphatic heterocycles. The zero-order valence-corrected chi connectivity index (χ0v) is 14.9. The van der Waals surface area contributed by atoms with Gasteiger partial charge in [0.25, 0.3) is 0 Å². The Kier molecular flexibility index (Phi) is 3.10. The predicted octanol–water partition coefficient (Wildman–Crippen LogP) is 3.54. The zero-order chi connectivity index (χ0) is 12.2. The van der Waals surface area contributed by atoms with Crippen LogP contribution in [0, 0.1) is 11.8 Å². The first-order valence-electron chi connectivity index (χ1n) is 6.75. The van der Waals surface area contributed by atoms with E-state index in [4.69, 9.17) is 4.74 Å². The molecule has 0 bridgehead atoms. The van der Waals surface area contributed by atoms with E-state index in [0.29, 0.717) is 0 Å². The van der Waals surface area contributed by atoms with Gasteiger partial charge in [-0.2, -0.15) is 0 Å². The van der Waals surface area contributed by atoms with E-state index in [1.165, 1.54) is 0 Å². The smallest absolute Gasteiger partial charge is 0.0494 e. The lowest BCUT2D eigenvalue weighted by Gasteiger charge is -2.48. The lowest BCUT2D eigenvalue weighted by molar-refractivity contribution is 0.181. The second-order valence-corrected chi connectivity index (χ2v) is 36.3. The van der Waals surface area contributed by atoms with E-state index in [0.717, 1.165) is 25.0 Å². The first kappa shape index (κ1) is 13.1. The number of fused-ring (bicyclic) bond motifs is 1. The average molecular weight is 273 g/mol. The van der Waals surface area contributed by atoms with Crippen molar-refractivity contribution in [1.29, 1.82) is 0 Å². The molecule has 0 N–H and O–H groups in total. The van der Waals surface area contributed by atoms with Crippen molar-refractivity contribution >= 4 is 22.3 Å². The summed E-state index contributed by atoms with van der Waals surface area (Å²) in [4.78, 5) is 0. The summed E-state index contributed by atoms with van der Waals surface area (Å²) in [5.41, 5.74) is 0. The lowest BCUT2D eigenvalue weighted by atomic mass is 10.0. The highest BCUT2D eigenvalue weighted by Gasteiger charge is 2.61. The van der Waals surface area contributed by atoms with Gasteiger partial charge in [-0.3, -0.25) is 0 Å². The van der Waals surface area contributed by atoms with Gasteiger partial charge in [0, 0.05) is 35.5 Å². The average Bonchev–Trinajstić information content (AvgIpc) is 2.53. The van der Waals surface area contributed by atoms with Gasteiger partial charge in [-0.15, -0.1) is 0 Å². The quantitative estimate of drug-likeness (QED) is 0.699. The van der Waals surface area contributed by atoms with Crippen LogP contribution >= 0.6 is 0 Å². The molecule has 2 fully saturated rings. The Morgan fingerprint density at radius 1 is 0.812 bits per heavy atom. The van der Waals surface area contributed by atoms with Crippen molar-refractivity contribution in [3.63, 3.8) is 0 Å². The summed E-state index contributed by atoms with van der Waals surface area (Å²) in [7, 11) is -2.80. The van der Waals surface area contributed by atoms with E-state index in [-0.39, 0.29) is 0 Å². The molecule has 2 aliphatic rings. The highest BCUT2D eigenvalue weighted by Crippen LogP contribution is 2.50. The van der Waals surface area contributed by atoms with Gasteiger partial charge in [0.15, 0.2) is 0 Å². The highest BCUT2D eigenvalue weighted by atomic mass is 29.6. The minimum Gasteiger partial charge on any atom is -0.381 e. The largest absolute Gasteiger partial charge is 0.381 e. The molecule has 94 valence electrons. The van der Waals surface area contributed by atoms with Crippen LogP contribution in [0.5, 0.6) is 0 Å². The predicted molar refractivity (Wildman–Crippen MR) is 79.9 cm³/mol. The SMILES string of the molecule is C[Si](C)(C)[Si]1([Si](C)(C)C)C[C@H]2COC[C@H]2C1. The molecule has 0 aliphatic carbocycles. The van der Waals surface area contributed by atoms with E-state index < -0.39 is 22.3 Å². The maximum absolute atomic E-state index is 5.68. The van der Waals surface area contributed by atoms with Gasteiger partial charge in [-0.25, -0.2) is 0 Å². The first-order valence-corrected chi connectivity index (χ1v) is 18.2. The number of hydrogen-bond acceptors (Lipinski definition) is 1. The van der Waals surface area contributed by atoms with E-state index in [1.807, 2.05) is 0 Å². The Morgan fingerprint density at radius 2 is 1.19 bits per heavy atom. The van der Waals surface area contributed by atoms with Crippen LogP contribution in [0.25, 0.3) is 0 Å². The molecule has 0 aromatic rings. The highest BCUT2D eigenvalue weighted by molar-refractivity contribution is 7.69. The van der Waals surface area contributed by atoms with E-state index in [9.17, 15) is 0 Å². The van der Waals surface area contributed by atoms with Crippen LogP contribution < -0.4 is 0 Å². The third-order valence-corrected chi connectivity index (χ3v) is 46.8. The molecule has 0 aromatic carbocycles. The van der Waals surface area contributed by atoms with Crippen molar-refractivity contribution in [3.8, 4) is 0 Å². The van der Waals surface area contributed by atoms with Crippen LogP contribution in [0.4, 0.5) is 0 Å². The third-order valence-electron chi connectivity index (χ3n) is 5.42. The van der Waals surface area contributed by atoms with E-state index in [1.54, 1.807) is 12.1 Å². The van der Waals surface area contributed by atoms with Crippen LogP contribution in [0.1, 0.15) is 0 Å². The van der Waals surface area contributed by atoms with Gasteiger partial charge in [-0.05, 0) is 11.8 Å². The van der Waals surface area contributed by atoms with Gasteiger partial charge in [-0.1, -0.05) is 51.4 Å². The maximum atomic E-state index is 5.68. The first-order chi connectivity index (χ1) is 7.17. The van der Waals surface area contributed by atoms with Crippen LogP contribution in [0.2, 0.25) is 51.4 Å². The van der Waals surface area contributed by atoms with Crippen LogP contribution in [0.15, 0.2) is 0 Å². The van der Waals surface area contributed by atoms with Crippen molar-refractivity contribution in [2.24, 2.45) is 11.8 Å². The summed E-state index contributed by atoms with van der Waals surface area (Å²) < 4.78 is 5.68. The molecule has 2 rings (SSSR count). The summed E-state index contributed by atoms with van der Waals surface area (Å²) in [5, 5.41) is 0. The van der Waals surface area contributed by atoms with Crippen molar-refractivity contribution < 1.29 is 4.74 Å². The fraction of sp³-hybridized carbons (Fsp3) is 1.00. The summed E-state index contributed by atoms with van der Waals surface area (Å²) >= 11 is 0. The molecule has 2 heterocycles. The molecule has 0 saturated carbocycles. The molecule has 1 nitrogen and oxygen atoms in total. The minimum absolute atomic E-state index is 0.931. The van der Waals surface area contributed by atoms with Crippen molar-refractivity contribution in [2.75, 3.05) is 13.2 Å². The molecule has 0 amide bonds. The minimum atomic E-state index is -0.934. The topological polar surface area (TPSA) is 9.23 Å². The standard InChI is InChI=1S/C12H28OSi3/c1-14(2,3)16(15(4,5)6)9-11-7-13-8-12(11)10-16/h11-12H,7-10H2,1-6H3/t11-,12+. The molecule has 2 saturated heterocycles. The molecular weight excluding hydrogens is 244 g/mol. The normalized spacial score (nSPS) is 34.1. The fourth-order valence-electron chi connectivity index (χ4n) is 4.42. The Labute approximate surface area is 104 Å². The summed E-state index contributed by atoms with van der Waals surface area (Å²) in [5.74, 6) is 1.93. The Morgan fingerprint density at radius 3 is 1.50 bits per heavy atom. The van der Waals surface area contributed by atoms with Crippen molar-refractivity contribution in [3.05, 3.63) is 0 Å². The summed E-state index contributed by atoms with van der Waals surface area (Å²) in [6, 6.07) is 3.26. The molecule has 0 radical (unpaired) electrons. The maximum Gasteiger partial charge on any atom is 0.0494 e. The molecular formula is C12H28OSi3. The van der Waals surface area contributed by atoms with Gasteiger partial charge in [0.1, 0.15) is 0 Å². The molecule has 2 atom stereocenters. The zero-order valence-electron chi connectivity index (χ0n) is 11.9. The number of rotatable bonds is 2. The van der Waals surface area contributed by atoms with Gasteiger partial charge >= 0.3 is 0 Å². The Bertz CT molecular complexity index is 249. The summed E-state index contributed by atoms with van der Waals surface area (Å²) in [6.07, 6.45) is 0.